The molecule has 3 aromatic rings. The quantitative estimate of drug-likeness (QED) is 0.667. The lowest BCUT2D eigenvalue weighted by Crippen LogP contribution is -2.22. The maximum Gasteiger partial charge on any atom is 0.251 e. The van der Waals surface area contributed by atoms with Gasteiger partial charge in [0.05, 0.1) is 5.69 Å². The van der Waals surface area contributed by atoms with Gasteiger partial charge >= 0.3 is 0 Å². The molecule has 2 heteroatoms. The maximum absolute atomic E-state index is 12.5. The molecule has 0 atom stereocenters. The van der Waals surface area contributed by atoms with Crippen LogP contribution in [0.3, 0.4) is 0 Å². The number of pyridine rings is 1. The molecule has 0 spiro atoms. The van der Waals surface area contributed by atoms with Crippen molar-refractivity contribution in [3.63, 3.8) is 0 Å². The monoisotopic (exact) mass is 287 g/mol. The molecule has 2 aromatic carbocycles. The van der Waals surface area contributed by atoms with Crippen molar-refractivity contribution in [1.82, 2.24) is 4.57 Å². The summed E-state index contributed by atoms with van der Waals surface area (Å²) in [5, 5.41) is 0. The van der Waals surface area contributed by atoms with Crippen LogP contribution >= 0.6 is 0 Å². The number of rotatable bonds is 1. The molecule has 108 valence electrons. The summed E-state index contributed by atoms with van der Waals surface area (Å²) in [7, 11) is 1.87. The summed E-state index contributed by atoms with van der Waals surface area (Å²) in [6, 6.07) is 20.4. The molecule has 0 radical (unpaired) electrons. The molecule has 0 unspecified atom stereocenters. The third-order valence-electron chi connectivity index (χ3n) is 4.55. The van der Waals surface area contributed by atoms with Crippen LogP contribution in [0.5, 0.6) is 0 Å². The first-order chi connectivity index (χ1) is 10.8. The molecule has 2 nitrogen and oxygen atoms in total. The second-order valence-corrected chi connectivity index (χ2v) is 5.81. The SMILES string of the molecule is Cn1c2c(c(-c3ccccc3)cc1=O)CCc1ccccc1-2. The van der Waals surface area contributed by atoms with Crippen molar-refractivity contribution in [2.24, 2.45) is 7.05 Å². The van der Waals surface area contributed by atoms with Gasteiger partial charge < -0.3 is 4.57 Å². The number of hydrogen-bond donors (Lipinski definition) is 0. The Labute approximate surface area is 129 Å². The van der Waals surface area contributed by atoms with Crippen LogP contribution in [0.15, 0.2) is 65.5 Å². The maximum atomic E-state index is 12.5. The van der Waals surface area contributed by atoms with Gasteiger partial charge in [-0.3, -0.25) is 4.79 Å². The fourth-order valence-corrected chi connectivity index (χ4v) is 3.45. The number of benzene rings is 2. The summed E-state index contributed by atoms with van der Waals surface area (Å²) in [6.07, 6.45) is 2.01. The van der Waals surface area contributed by atoms with Gasteiger partial charge in [-0.15, -0.1) is 0 Å². The Morgan fingerprint density at radius 2 is 1.59 bits per heavy atom. The average molecular weight is 287 g/mol. The first-order valence-corrected chi connectivity index (χ1v) is 7.62. The van der Waals surface area contributed by atoms with Crippen LogP contribution in [0.25, 0.3) is 22.4 Å². The van der Waals surface area contributed by atoms with E-state index in [0.717, 1.165) is 29.7 Å². The second kappa shape index (κ2) is 4.99. The summed E-state index contributed by atoms with van der Waals surface area (Å²) in [4.78, 5) is 12.5. The van der Waals surface area contributed by atoms with Gasteiger partial charge in [-0.05, 0) is 35.1 Å². The van der Waals surface area contributed by atoms with Crippen molar-refractivity contribution in [2.75, 3.05) is 0 Å². The van der Waals surface area contributed by atoms with Crippen molar-refractivity contribution in [3.05, 3.63) is 82.1 Å². The van der Waals surface area contributed by atoms with E-state index in [1.54, 1.807) is 10.6 Å². The van der Waals surface area contributed by atoms with Gasteiger partial charge in [0.2, 0.25) is 0 Å². The van der Waals surface area contributed by atoms with Crippen LogP contribution in [0.1, 0.15) is 11.1 Å². The largest absolute Gasteiger partial charge is 0.311 e. The van der Waals surface area contributed by atoms with Crippen molar-refractivity contribution in [2.45, 2.75) is 12.8 Å². The highest BCUT2D eigenvalue weighted by Crippen LogP contribution is 2.37. The highest BCUT2D eigenvalue weighted by atomic mass is 16.1. The van der Waals surface area contributed by atoms with Crippen LogP contribution in [-0.2, 0) is 19.9 Å². The molecule has 0 aliphatic heterocycles. The lowest BCUT2D eigenvalue weighted by atomic mass is 9.85. The molecular formula is C20H17NO. The molecule has 22 heavy (non-hydrogen) atoms. The van der Waals surface area contributed by atoms with Crippen LogP contribution in [0.4, 0.5) is 0 Å². The Morgan fingerprint density at radius 1 is 0.864 bits per heavy atom. The average Bonchev–Trinajstić information content (AvgIpc) is 2.58. The van der Waals surface area contributed by atoms with E-state index in [-0.39, 0.29) is 5.56 Å². The molecule has 0 saturated carbocycles. The molecule has 0 amide bonds. The zero-order valence-electron chi connectivity index (χ0n) is 12.5. The van der Waals surface area contributed by atoms with Crippen LogP contribution in [0.2, 0.25) is 0 Å². The Hall–Kier alpha value is -2.61. The highest BCUT2D eigenvalue weighted by molar-refractivity contribution is 5.79. The van der Waals surface area contributed by atoms with Gasteiger partial charge in [0.15, 0.2) is 0 Å². The molecule has 0 fully saturated rings. The molecular weight excluding hydrogens is 270 g/mol. The Bertz CT molecular complexity index is 907. The van der Waals surface area contributed by atoms with Crippen LogP contribution in [0, 0.1) is 0 Å². The van der Waals surface area contributed by atoms with Crippen molar-refractivity contribution in [3.8, 4) is 22.4 Å². The molecule has 0 bridgehead atoms. The van der Waals surface area contributed by atoms with E-state index in [0.29, 0.717) is 0 Å². The highest BCUT2D eigenvalue weighted by Gasteiger charge is 2.22. The smallest absolute Gasteiger partial charge is 0.251 e. The molecule has 4 rings (SSSR count). The van der Waals surface area contributed by atoms with Crippen molar-refractivity contribution in [1.29, 1.82) is 0 Å². The third-order valence-corrected chi connectivity index (χ3v) is 4.55. The Morgan fingerprint density at radius 3 is 2.41 bits per heavy atom. The topological polar surface area (TPSA) is 22.0 Å². The fraction of sp³-hybridized carbons (Fsp3) is 0.150. The predicted octanol–water partition coefficient (Wildman–Crippen LogP) is 3.82. The van der Waals surface area contributed by atoms with E-state index in [2.05, 4.69) is 30.3 Å². The van der Waals surface area contributed by atoms with Gasteiger partial charge in [-0.25, -0.2) is 0 Å². The van der Waals surface area contributed by atoms with E-state index in [1.807, 2.05) is 31.3 Å². The van der Waals surface area contributed by atoms with Gasteiger partial charge in [-0.1, -0.05) is 54.6 Å². The van der Waals surface area contributed by atoms with E-state index >= 15 is 0 Å². The summed E-state index contributed by atoms with van der Waals surface area (Å²) < 4.78 is 1.79. The van der Waals surface area contributed by atoms with Crippen molar-refractivity contribution < 1.29 is 0 Å². The molecule has 0 N–H and O–H groups in total. The fourth-order valence-electron chi connectivity index (χ4n) is 3.45. The minimum Gasteiger partial charge on any atom is -0.311 e. The number of aromatic nitrogens is 1. The first kappa shape index (κ1) is 13.1. The lowest BCUT2D eigenvalue weighted by molar-refractivity contribution is 0.823. The number of aryl methyl sites for hydroxylation is 1. The predicted molar refractivity (Wildman–Crippen MR) is 90.0 cm³/mol. The minimum atomic E-state index is 0.0503. The number of fused-ring (bicyclic) bond motifs is 3. The normalized spacial score (nSPS) is 12.6. The van der Waals surface area contributed by atoms with E-state index in [1.165, 1.54) is 16.7 Å². The number of hydrogen-bond acceptors (Lipinski definition) is 1. The van der Waals surface area contributed by atoms with E-state index < -0.39 is 0 Å². The second-order valence-electron chi connectivity index (χ2n) is 5.81. The zero-order valence-corrected chi connectivity index (χ0v) is 12.5. The number of nitrogens with zero attached hydrogens (tertiary/aromatic N) is 1. The third kappa shape index (κ3) is 1.92. The van der Waals surface area contributed by atoms with E-state index in [9.17, 15) is 4.79 Å². The molecule has 1 heterocycles. The summed E-state index contributed by atoms with van der Waals surface area (Å²) in [5.41, 5.74) is 7.13. The first-order valence-electron chi connectivity index (χ1n) is 7.62. The standard InChI is InChI=1S/C20H17NO/c1-21-19(22)13-18(14-7-3-2-4-8-14)17-12-11-15-9-5-6-10-16(15)20(17)21/h2-10,13H,11-12H2,1H3. The lowest BCUT2D eigenvalue weighted by Gasteiger charge is -2.24. The molecule has 1 aliphatic carbocycles. The summed E-state index contributed by atoms with van der Waals surface area (Å²) in [6.45, 7) is 0. The minimum absolute atomic E-state index is 0.0503. The zero-order chi connectivity index (χ0) is 15.1. The van der Waals surface area contributed by atoms with Gasteiger partial charge in [0, 0.05) is 18.7 Å². The Kier molecular flexibility index (Phi) is 2.97. The van der Waals surface area contributed by atoms with Gasteiger partial charge in [0.1, 0.15) is 0 Å². The van der Waals surface area contributed by atoms with Crippen molar-refractivity contribution >= 4 is 0 Å². The molecule has 0 saturated heterocycles. The van der Waals surface area contributed by atoms with Gasteiger partial charge in [0.25, 0.3) is 5.56 Å². The molecule has 1 aromatic heterocycles. The van der Waals surface area contributed by atoms with Gasteiger partial charge in [-0.2, -0.15) is 0 Å². The summed E-state index contributed by atoms with van der Waals surface area (Å²) in [5.74, 6) is 0. The van der Waals surface area contributed by atoms with E-state index in [4.69, 9.17) is 0 Å². The summed E-state index contributed by atoms with van der Waals surface area (Å²) >= 11 is 0. The van der Waals surface area contributed by atoms with Crippen LogP contribution < -0.4 is 5.56 Å². The Balaban J connectivity index is 2.07. The van der Waals surface area contributed by atoms with Crippen LogP contribution in [-0.4, -0.2) is 4.57 Å². The molecule has 1 aliphatic rings.